The van der Waals surface area contributed by atoms with Crippen LogP contribution in [-0.4, -0.2) is 24.3 Å². The Kier molecular flexibility index (Phi) is 7.86. The Morgan fingerprint density at radius 3 is 2.64 bits per heavy atom. The smallest absolute Gasteiger partial charge is 0.261 e. The Hall–Kier alpha value is -1.94. The molecule has 2 aromatic rings. The zero-order valence-electron chi connectivity index (χ0n) is 15.2. The number of hydrogen-bond donors (Lipinski definition) is 1. The molecule has 134 valence electrons. The number of amides is 1. The summed E-state index contributed by atoms with van der Waals surface area (Å²) < 4.78 is 5.94. The van der Waals surface area contributed by atoms with Gasteiger partial charge in [0.1, 0.15) is 5.75 Å². The monoisotopic (exact) mass is 357 g/mol. The fourth-order valence-corrected chi connectivity index (χ4v) is 3.25. The highest BCUT2D eigenvalue weighted by Gasteiger charge is 2.18. The van der Waals surface area contributed by atoms with Gasteiger partial charge in [0.2, 0.25) is 0 Å². The molecule has 0 fully saturated rings. The molecule has 0 aliphatic rings. The van der Waals surface area contributed by atoms with Crippen molar-refractivity contribution in [3.05, 3.63) is 65.2 Å². The topological polar surface area (TPSA) is 38.3 Å². The molecule has 0 unspecified atom stereocenters. The molecule has 4 heteroatoms. The molecule has 0 aliphatic carbocycles. The summed E-state index contributed by atoms with van der Waals surface area (Å²) in [5.74, 6) is 2.61. The van der Waals surface area contributed by atoms with E-state index in [1.807, 2.05) is 68.9 Å². The van der Waals surface area contributed by atoms with Crippen LogP contribution in [0.5, 0.6) is 5.75 Å². The van der Waals surface area contributed by atoms with Gasteiger partial charge in [-0.3, -0.25) is 4.79 Å². The molecule has 0 radical (unpaired) electrons. The number of nitrogens with one attached hydrogen (secondary N) is 1. The summed E-state index contributed by atoms with van der Waals surface area (Å²) in [6, 6.07) is 16.4. The highest BCUT2D eigenvalue weighted by atomic mass is 32.2. The van der Waals surface area contributed by atoms with Gasteiger partial charge in [0, 0.05) is 18.1 Å². The van der Waals surface area contributed by atoms with Gasteiger partial charge in [0.15, 0.2) is 6.10 Å². The van der Waals surface area contributed by atoms with Crippen LogP contribution < -0.4 is 10.1 Å². The van der Waals surface area contributed by atoms with E-state index >= 15 is 0 Å². The summed E-state index contributed by atoms with van der Waals surface area (Å²) in [6.45, 7) is 6.65. The van der Waals surface area contributed by atoms with Crippen LogP contribution in [0.3, 0.4) is 0 Å². The van der Waals surface area contributed by atoms with E-state index in [1.54, 1.807) is 0 Å². The Balaban J connectivity index is 1.75. The first-order valence-electron chi connectivity index (χ1n) is 8.73. The van der Waals surface area contributed by atoms with E-state index in [1.165, 1.54) is 5.56 Å². The van der Waals surface area contributed by atoms with Crippen molar-refractivity contribution in [2.75, 3.05) is 12.3 Å². The molecule has 2 aromatic carbocycles. The molecule has 1 N–H and O–H groups in total. The second-order valence-electron chi connectivity index (χ2n) is 6.11. The summed E-state index contributed by atoms with van der Waals surface area (Å²) >= 11 is 1.82. The maximum absolute atomic E-state index is 12.4. The van der Waals surface area contributed by atoms with Crippen LogP contribution in [0.1, 0.15) is 30.0 Å². The lowest BCUT2D eigenvalue weighted by Crippen LogP contribution is -2.39. The Labute approximate surface area is 155 Å². The minimum Gasteiger partial charge on any atom is -0.480 e. The van der Waals surface area contributed by atoms with Gasteiger partial charge in [-0.05, 0) is 43.0 Å². The van der Waals surface area contributed by atoms with Gasteiger partial charge >= 0.3 is 0 Å². The van der Waals surface area contributed by atoms with Crippen molar-refractivity contribution in [3.63, 3.8) is 0 Å². The first kappa shape index (κ1) is 19.4. The van der Waals surface area contributed by atoms with Crippen LogP contribution in [0.2, 0.25) is 0 Å². The van der Waals surface area contributed by atoms with Crippen LogP contribution in [0, 0.1) is 13.8 Å². The summed E-state index contributed by atoms with van der Waals surface area (Å²) in [7, 11) is 0. The molecule has 3 nitrogen and oxygen atoms in total. The Morgan fingerprint density at radius 1 is 1.16 bits per heavy atom. The number of benzene rings is 2. The third kappa shape index (κ3) is 6.46. The van der Waals surface area contributed by atoms with Gasteiger partial charge < -0.3 is 10.1 Å². The van der Waals surface area contributed by atoms with Gasteiger partial charge in [-0.15, -0.1) is 0 Å². The second-order valence-corrected chi connectivity index (χ2v) is 7.22. The molecular formula is C21H27NO2S. The third-order valence-electron chi connectivity index (χ3n) is 3.93. The van der Waals surface area contributed by atoms with Crippen molar-refractivity contribution >= 4 is 17.7 Å². The van der Waals surface area contributed by atoms with E-state index in [2.05, 4.69) is 17.4 Å². The largest absolute Gasteiger partial charge is 0.480 e. The van der Waals surface area contributed by atoms with Gasteiger partial charge in [-0.2, -0.15) is 11.8 Å². The van der Waals surface area contributed by atoms with Crippen molar-refractivity contribution in [2.45, 2.75) is 39.0 Å². The van der Waals surface area contributed by atoms with E-state index in [-0.39, 0.29) is 5.91 Å². The van der Waals surface area contributed by atoms with E-state index in [4.69, 9.17) is 4.74 Å². The molecule has 1 amide bonds. The number of rotatable bonds is 9. The SMILES string of the molecule is CC[C@@H](Oc1cc(C)ccc1C)C(=O)NCCSCc1ccccc1. The van der Waals surface area contributed by atoms with Crippen molar-refractivity contribution < 1.29 is 9.53 Å². The zero-order chi connectivity index (χ0) is 18.1. The van der Waals surface area contributed by atoms with E-state index in [0.29, 0.717) is 13.0 Å². The minimum absolute atomic E-state index is 0.0382. The molecular weight excluding hydrogens is 330 g/mol. The van der Waals surface area contributed by atoms with Crippen LogP contribution in [0.15, 0.2) is 48.5 Å². The predicted octanol–water partition coefficient (Wildman–Crippen LogP) is 4.51. The maximum atomic E-state index is 12.4. The summed E-state index contributed by atoms with van der Waals surface area (Å²) in [5, 5.41) is 2.99. The average molecular weight is 358 g/mol. The number of thioether (sulfide) groups is 1. The molecule has 0 heterocycles. The lowest BCUT2D eigenvalue weighted by Gasteiger charge is -2.19. The molecule has 1 atom stereocenters. The highest BCUT2D eigenvalue weighted by Crippen LogP contribution is 2.21. The van der Waals surface area contributed by atoms with E-state index in [0.717, 1.165) is 28.4 Å². The Bertz CT molecular complexity index is 673. The third-order valence-corrected chi connectivity index (χ3v) is 4.96. The van der Waals surface area contributed by atoms with Gasteiger partial charge in [0.05, 0.1) is 0 Å². The molecule has 0 aromatic heterocycles. The fourth-order valence-electron chi connectivity index (χ4n) is 2.43. The molecule has 25 heavy (non-hydrogen) atoms. The fraction of sp³-hybridized carbons (Fsp3) is 0.381. The number of hydrogen-bond acceptors (Lipinski definition) is 3. The minimum atomic E-state index is -0.445. The summed E-state index contributed by atoms with van der Waals surface area (Å²) in [5.41, 5.74) is 3.49. The lowest BCUT2D eigenvalue weighted by molar-refractivity contribution is -0.128. The molecule has 0 saturated heterocycles. The van der Waals surface area contributed by atoms with Crippen molar-refractivity contribution in [3.8, 4) is 5.75 Å². The second kappa shape index (κ2) is 10.1. The number of aryl methyl sites for hydroxylation is 2. The summed E-state index contributed by atoms with van der Waals surface area (Å²) in [6.07, 6.45) is 0.204. The van der Waals surface area contributed by atoms with Crippen LogP contribution in [-0.2, 0) is 10.5 Å². The maximum Gasteiger partial charge on any atom is 0.261 e. The van der Waals surface area contributed by atoms with E-state index < -0.39 is 6.10 Å². The standard InChI is InChI=1S/C21H27NO2S/c1-4-19(24-20-14-16(2)10-11-17(20)3)21(23)22-12-13-25-15-18-8-6-5-7-9-18/h5-11,14,19H,4,12-13,15H2,1-3H3,(H,22,23)/t19-/m1/s1. The van der Waals surface area contributed by atoms with Gasteiger partial charge in [-0.25, -0.2) is 0 Å². The van der Waals surface area contributed by atoms with Crippen molar-refractivity contribution in [1.82, 2.24) is 5.32 Å². The highest BCUT2D eigenvalue weighted by molar-refractivity contribution is 7.98. The number of ether oxygens (including phenoxy) is 1. The quantitative estimate of drug-likeness (QED) is 0.671. The molecule has 0 aliphatic heterocycles. The molecule has 0 bridgehead atoms. The Morgan fingerprint density at radius 2 is 1.92 bits per heavy atom. The van der Waals surface area contributed by atoms with Crippen LogP contribution >= 0.6 is 11.8 Å². The first-order chi connectivity index (χ1) is 12.1. The first-order valence-corrected chi connectivity index (χ1v) is 9.89. The number of carbonyl (C=O) groups is 1. The lowest BCUT2D eigenvalue weighted by atomic mass is 10.1. The van der Waals surface area contributed by atoms with Crippen molar-refractivity contribution in [1.29, 1.82) is 0 Å². The summed E-state index contributed by atoms with van der Waals surface area (Å²) in [4.78, 5) is 12.4. The molecule has 2 rings (SSSR count). The van der Waals surface area contributed by atoms with Crippen LogP contribution in [0.4, 0.5) is 0 Å². The van der Waals surface area contributed by atoms with Gasteiger partial charge in [0.25, 0.3) is 5.91 Å². The predicted molar refractivity (Wildman–Crippen MR) is 106 cm³/mol. The molecule has 0 saturated carbocycles. The van der Waals surface area contributed by atoms with Gasteiger partial charge in [-0.1, -0.05) is 49.4 Å². The zero-order valence-corrected chi connectivity index (χ0v) is 16.1. The number of carbonyl (C=O) groups excluding carboxylic acids is 1. The normalized spacial score (nSPS) is 11.8. The molecule has 0 spiro atoms. The average Bonchev–Trinajstić information content (AvgIpc) is 2.62. The van der Waals surface area contributed by atoms with Crippen LogP contribution in [0.25, 0.3) is 0 Å². The van der Waals surface area contributed by atoms with E-state index in [9.17, 15) is 4.79 Å². The van der Waals surface area contributed by atoms with Crippen molar-refractivity contribution in [2.24, 2.45) is 0 Å².